The summed E-state index contributed by atoms with van der Waals surface area (Å²) in [6.45, 7) is 9.87. The van der Waals surface area contributed by atoms with Gasteiger partial charge in [-0.05, 0) is 69.7 Å². The van der Waals surface area contributed by atoms with E-state index in [1.165, 1.54) is 37.7 Å². The second-order valence-corrected chi connectivity index (χ2v) is 9.75. The molecule has 32 heavy (non-hydrogen) atoms. The topological polar surface area (TPSA) is 56.3 Å². The third kappa shape index (κ3) is 5.68. The first-order valence-corrected chi connectivity index (χ1v) is 12.4. The Balaban J connectivity index is 1.53. The summed E-state index contributed by atoms with van der Waals surface area (Å²) in [5, 5.41) is 7.19. The van der Waals surface area contributed by atoms with E-state index in [4.69, 9.17) is 22.2 Å². The summed E-state index contributed by atoms with van der Waals surface area (Å²) in [6, 6.07) is 13.1. The van der Waals surface area contributed by atoms with E-state index in [1.54, 1.807) is 0 Å². The molecule has 3 heterocycles. The largest absolute Gasteiger partial charge is 0.356 e. The van der Waals surface area contributed by atoms with Gasteiger partial charge in [0.25, 0.3) is 0 Å². The molecule has 0 saturated carbocycles. The number of anilines is 3. The Hall–Kier alpha value is -2.41. The van der Waals surface area contributed by atoms with Crippen molar-refractivity contribution in [1.82, 2.24) is 15.3 Å². The molecule has 2 aromatic rings. The van der Waals surface area contributed by atoms with Crippen molar-refractivity contribution in [3.05, 3.63) is 42.0 Å². The highest BCUT2D eigenvalue weighted by Crippen LogP contribution is 2.29. The molecule has 0 amide bonds. The second-order valence-electron chi connectivity index (χ2n) is 9.35. The van der Waals surface area contributed by atoms with E-state index < -0.39 is 0 Å². The Bertz CT molecular complexity index is 897. The van der Waals surface area contributed by atoms with Crippen LogP contribution in [0.5, 0.6) is 0 Å². The minimum atomic E-state index is 0.101. The van der Waals surface area contributed by atoms with E-state index in [-0.39, 0.29) is 6.04 Å². The number of nitrogens with zero attached hydrogens (tertiary/aromatic N) is 4. The smallest absolute Gasteiger partial charge is 0.232 e. The number of benzene rings is 1. The van der Waals surface area contributed by atoms with Crippen molar-refractivity contribution in [3.63, 3.8) is 0 Å². The van der Waals surface area contributed by atoms with Gasteiger partial charge in [0, 0.05) is 31.7 Å². The van der Waals surface area contributed by atoms with Gasteiger partial charge in [-0.3, -0.25) is 0 Å². The van der Waals surface area contributed by atoms with Crippen molar-refractivity contribution in [3.8, 4) is 0 Å². The maximum absolute atomic E-state index is 5.62. The van der Waals surface area contributed by atoms with Crippen molar-refractivity contribution in [1.29, 1.82) is 0 Å². The third-order valence-corrected chi connectivity index (χ3v) is 7.00. The highest BCUT2D eigenvalue weighted by atomic mass is 32.1. The van der Waals surface area contributed by atoms with Crippen LogP contribution in [-0.4, -0.2) is 40.8 Å². The molecule has 172 valence electrons. The molecule has 2 N–H and O–H groups in total. The number of piperidine rings is 2. The molecule has 0 bridgehead atoms. The first-order chi connectivity index (χ1) is 15.5. The third-order valence-electron chi connectivity index (χ3n) is 6.78. The average molecular weight is 453 g/mol. The molecule has 2 aliphatic heterocycles. The van der Waals surface area contributed by atoms with Crippen molar-refractivity contribution in [2.45, 2.75) is 65.0 Å². The summed E-state index contributed by atoms with van der Waals surface area (Å²) in [5.74, 6) is 3.36. The SMILES string of the molecule is CC1CCN(c2cc(N3CCCC[C@H]3C)nc(NC(=S)N[C@H](C)c3ccccc3)n2)CC1. The summed E-state index contributed by atoms with van der Waals surface area (Å²) >= 11 is 5.62. The molecule has 6 nitrogen and oxygen atoms in total. The number of aromatic nitrogens is 2. The van der Waals surface area contributed by atoms with Crippen LogP contribution in [0.15, 0.2) is 36.4 Å². The van der Waals surface area contributed by atoms with E-state index in [0.29, 0.717) is 17.1 Å². The molecule has 1 aromatic heterocycles. The molecule has 0 radical (unpaired) electrons. The van der Waals surface area contributed by atoms with E-state index in [1.807, 2.05) is 18.2 Å². The molecule has 0 spiro atoms. The van der Waals surface area contributed by atoms with Crippen LogP contribution in [0, 0.1) is 5.92 Å². The van der Waals surface area contributed by atoms with E-state index in [9.17, 15) is 0 Å². The van der Waals surface area contributed by atoms with Crippen molar-refractivity contribution in [2.75, 3.05) is 34.8 Å². The second kappa shape index (κ2) is 10.5. The number of hydrogen-bond donors (Lipinski definition) is 2. The van der Waals surface area contributed by atoms with Gasteiger partial charge in [-0.15, -0.1) is 0 Å². The lowest BCUT2D eigenvalue weighted by molar-refractivity contribution is 0.436. The van der Waals surface area contributed by atoms with Gasteiger partial charge in [0.2, 0.25) is 5.95 Å². The Morgan fingerprint density at radius 1 is 1.00 bits per heavy atom. The molecule has 4 rings (SSSR count). The van der Waals surface area contributed by atoms with Gasteiger partial charge in [0.05, 0.1) is 6.04 Å². The maximum atomic E-state index is 5.62. The fourth-order valence-electron chi connectivity index (χ4n) is 4.62. The number of thiocarbonyl (C=S) groups is 1. The summed E-state index contributed by atoms with van der Waals surface area (Å²) in [4.78, 5) is 14.6. The van der Waals surface area contributed by atoms with Crippen LogP contribution in [0.25, 0.3) is 0 Å². The molecule has 1 aromatic carbocycles. The monoisotopic (exact) mass is 452 g/mol. The van der Waals surface area contributed by atoms with Crippen LogP contribution in [0.1, 0.15) is 64.5 Å². The van der Waals surface area contributed by atoms with E-state index in [0.717, 1.165) is 37.2 Å². The molecule has 0 aliphatic carbocycles. The molecular formula is C25H36N6S. The zero-order valence-corrected chi connectivity index (χ0v) is 20.4. The molecule has 0 unspecified atom stereocenters. The van der Waals surface area contributed by atoms with Gasteiger partial charge >= 0.3 is 0 Å². The van der Waals surface area contributed by atoms with Crippen LogP contribution < -0.4 is 20.4 Å². The van der Waals surface area contributed by atoms with Crippen LogP contribution in [0.3, 0.4) is 0 Å². The molecule has 2 atom stereocenters. The zero-order valence-electron chi connectivity index (χ0n) is 19.6. The van der Waals surface area contributed by atoms with Gasteiger partial charge in [-0.25, -0.2) is 0 Å². The summed E-state index contributed by atoms with van der Waals surface area (Å²) in [7, 11) is 0. The van der Waals surface area contributed by atoms with E-state index in [2.05, 4.69) is 59.4 Å². The van der Waals surface area contributed by atoms with Crippen LogP contribution in [-0.2, 0) is 0 Å². The summed E-state index contributed by atoms with van der Waals surface area (Å²) in [6.07, 6.45) is 6.11. The quantitative estimate of drug-likeness (QED) is 0.609. The fourth-order valence-corrected chi connectivity index (χ4v) is 4.89. The summed E-state index contributed by atoms with van der Waals surface area (Å²) < 4.78 is 0. The minimum absolute atomic E-state index is 0.101. The standard InChI is InChI=1S/C25H36N6S/c1-18-12-15-30(16-13-18)22-17-23(31-14-8-7-9-19(31)2)28-24(27-22)29-25(32)26-20(3)21-10-5-4-6-11-21/h4-6,10-11,17-20H,7-9,12-16H2,1-3H3,(H2,26,27,28,29,32)/t19-,20-/m1/s1. The van der Waals surface area contributed by atoms with Crippen LogP contribution >= 0.6 is 12.2 Å². The Morgan fingerprint density at radius 3 is 2.44 bits per heavy atom. The van der Waals surface area contributed by atoms with Crippen LogP contribution in [0.4, 0.5) is 17.6 Å². The fraction of sp³-hybridized carbons (Fsp3) is 0.560. The Kier molecular flexibility index (Phi) is 7.45. The van der Waals surface area contributed by atoms with E-state index >= 15 is 0 Å². The molecular weight excluding hydrogens is 416 g/mol. The Labute approximate surface area is 197 Å². The molecule has 7 heteroatoms. The van der Waals surface area contributed by atoms with Crippen molar-refractivity contribution in [2.24, 2.45) is 5.92 Å². The highest BCUT2D eigenvalue weighted by Gasteiger charge is 2.24. The average Bonchev–Trinajstić information content (AvgIpc) is 2.80. The lowest BCUT2D eigenvalue weighted by Gasteiger charge is -2.36. The molecule has 2 aliphatic rings. The van der Waals surface area contributed by atoms with Gasteiger partial charge in [-0.1, -0.05) is 37.3 Å². The normalized spacial score (nSPS) is 20.7. The molecule has 2 saturated heterocycles. The highest BCUT2D eigenvalue weighted by molar-refractivity contribution is 7.80. The predicted octanol–water partition coefficient (Wildman–Crippen LogP) is 5.14. The van der Waals surface area contributed by atoms with Crippen molar-refractivity contribution >= 4 is 34.9 Å². The maximum Gasteiger partial charge on any atom is 0.232 e. The zero-order chi connectivity index (χ0) is 22.5. The first-order valence-electron chi connectivity index (χ1n) is 12.0. The van der Waals surface area contributed by atoms with Gasteiger partial charge in [0.1, 0.15) is 11.6 Å². The number of rotatable bonds is 5. The number of hydrogen-bond acceptors (Lipinski definition) is 5. The lowest BCUT2D eigenvalue weighted by Crippen LogP contribution is -2.39. The minimum Gasteiger partial charge on any atom is -0.356 e. The molecule has 2 fully saturated rings. The predicted molar refractivity (Wildman–Crippen MR) is 138 cm³/mol. The van der Waals surface area contributed by atoms with Gasteiger partial charge < -0.3 is 20.4 Å². The first kappa shape index (κ1) is 22.8. The Morgan fingerprint density at radius 2 is 1.72 bits per heavy atom. The summed E-state index contributed by atoms with van der Waals surface area (Å²) in [5.41, 5.74) is 1.19. The van der Waals surface area contributed by atoms with Gasteiger partial charge in [-0.2, -0.15) is 9.97 Å². The van der Waals surface area contributed by atoms with Crippen molar-refractivity contribution < 1.29 is 0 Å². The van der Waals surface area contributed by atoms with Gasteiger partial charge in [0.15, 0.2) is 5.11 Å². The van der Waals surface area contributed by atoms with Crippen LogP contribution in [0.2, 0.25) is 0 Å². The number of nitrogens with one attached hydrogen (secondary N) is 2. The lowest BCUT2D eigenvalue weighted by atomic mass is 9.99.